The number of hydrogen-bond donors (Lipinski definition) is 3. The molecule has 4 rings (SSSR count). The molecule has 0 radical (unpaired) electrons. The van der Waals surface area contributed by atoms with Crippen molar-refractivity contribution < 1.29 is 66.0 Å². The molecule has 3 aliphatic rings. The van der Waals surface area contributed by atoms with Crippen molar-refractivity contribution >= 4 is 19.8 Å². The molecule has 236 valence electrons. The van der Waals surface area contributed by atoms with E-state index < -0.39 is 81.4 Å². The zero-order valence-electron chi connectivity index (χ0n) is 22.5. The van der Waals surface area contributed by atoms with Crippen molar-refractivity contribution in [2.24, 2.45) is 11.8 Å². The Kier molecular flexibility index (Phi) is 10.3. The van der Waals surface area contributed by atoms with Gasteiger partial charge in [0.25, 0.3) is 5.56 Å². The summed E-state index contributed by atoms with van der Waals surface area (Å²) in [5.41, 5.74) is -6.55. The van der Waals surface area contributed by atoms with Crippen molar-refractivity contribution in [3.8, 4) is 0 Å². The lowest BCUT2D eigenvalue weighted by molar-refractivity contribution is -0.161. The number of aromatic amines is 1. The molecule has 0 spiro atoms. The average Bonchev–Trinajstić information content (AvgIpc) is 3.08. The van der Waals surface area contributed by atoms with Crippen LogP contribution in [0, 0.1) is 11.8 Å². The zero-order chi connectivity index (χ0) is 30.5. The molecule has 1 aromatic heterocycles. The first-order chi connectivity index (χ1) is 19.9. The molecule has 42 heavy (non-hydrogen) atoms. The number of aliphatic hydroxyl groups excluding tert-OH is 1. The van der Waals surface area contributed by atoms with Gasteiger partial charge in [0.15, 0.2) is 11.8 Å². The van der Waals surface area contributed by atoms with Gasteiger partial charge in [0.05, 0.1) is 45.9 Å². The third kappa shape index (κ3) is 7.50. The highest BCUT2D eigenvalue weighted by atomic mass is 31.2. The van der Waals surface area contributed by atoms with Crippen molar-refractivity contribution in [2.45, 2.75) is 43.3 Å². The van der Waals surface area contributed by atoms with Crippen LogP contribution in [0.2, 0.25) is 0 Å². The number of carbonyl (C=O) groups is 2. The molecule has 0 aliphatic carbocycles. The molecular weight excluding hydrogens is 594 g/mol. The second-order valence-corrected chi connectivity index (χ2v) is 11.9. The lowest BCUT2D eigenvalue weighted by Crippen LogP contribution is -2.53. The minimum Gasteiger partial charge on any atom is -0.438 e. The molecule has 0 unspecified atom stereocenters. The van der Waals surface area contributed by atoms with E-state index in [1.54, 1.807) is 0 Å². The highest BCUT2D eigenvalue weighted by molar-refractivity contribution is 7.48. The number of hydrogen-bond acceptors (Lipinski definition) is 15. The Morgan fingerprint density at radius 1 is 1.07 bits per heavy atom. The molecule has 19 heteroatoms. The van der Waals surface area contributed by atoms with Crippen molar-refractivity contribution in [1.29, 1.82) is 0 Å². The lowest BCUT2D eigenvalue weighted by atomic mass is 9.88. The van der Waals surface area contributed by atoms with Gasteiger partial charge in [-0.05, 0) is 6.92 Å². The second-order valence-electron chi connectivity index (χ2n) is 10.3. The fraction of sp³-hybridized carbons (Fsp3) is 0.739. The summed E-state index contributed by atoms with van der Waals surface area (Å²) in [6.45, 7) is -1.94. The molecule has 0 saturated carbocycles. The summed E-state index contributed by atoms with van der Waals surface area (Å²) in [6.07, 6.45) is -2.84. The molecule has 3 aliphatic heterocycles. The van der Waals surface area contributed by atoms with Gasteiger partial charge in [-0.25, -0.2) is 22.8 Å². The van der Waals surface area contributed by atoms with Crippen LogP contribution in [-0.2, 0) is 51.4 Å². The van der Waals surface area contributed by atoms with E-state index in [4.69, 9.17) is 37.3 Å². The molecule has 4 atom stereocenters. The van der Waals surface area contributed by atoms with E-state index >= 15 is 0 Å². The Hall–Kier alpha value is -2.54. The molecule has 3 fully saturated rings. The van der Waals surface area contributed by atoms with Crippen LogP contribution in [0.15, 0.2) is 21.9 Å². The first-order valence-corrected chi connectivity index (χ1v) is 14.3. The molecule has 0 amide bonds. The summed E-state index contributed by atoms with van der Waals surface area (Å²) < 4.78 is 69.1. The largest absolute Gasteiger partial charge is 0.480 e. The predicted molar refractivity (Wildman–Crippen MR) is 132 cm³/mol. The van der Waals surface area contributed by atoms with Crippen molar-refractivity contribution in [2.75, 3.05) is 53.3 Å². The number of halogens is 1. The Balaban J connectivity index is 1.43. The van der Waals surface area contributed by atoms with Gasteiger partial charge in [0, 0.05) is 24.1 Å². The first kappa shape index (κ1) is 32.4. The fourth-order valence-corrected chi connectivity index (χ4v) is 5.25. The highest BCUT2D eigenvalue weighted by Crippen LogP contribution is 2.52. The number of aliphatic hydroxyl groups is 2. The normalized spacial score (nSPS) is 28.2. The number of nitrogens with one attached hydrogen (secondary N) is 1. The molecule has 0 bridgehead atoms. The van der Waals surface area contributed by atoms with Crippen LogP contribution in [0.1, 0.15) is 26.0 Å². The Labute approximate surface area is 237 Å². The van der Waals surface area contributed by atoms with Gasteiger partial charge >= 0.3 is 25.5 Å². The average molecular weight is 626 g/mol. The van der Waals surface area contributed by atoms with Crippen LogP contribution in [-0.4, -0.2) is 102 Å². The molecule has 0 aromatic carbocycles. The number of ether oxygens (including phenoxy) is 5. The van der Waals surface area contributed by atoms with Gasteiger partial charge in [0.1, 0.15) is 18.4 Å². The number of H-pyrrole nitrogens is 1. The third-order valence-corrected chi connectivity index (χ3v) is 8.17. The number of phosphoric ester groups is 1. The Morgan fingerprint density at radius 2 is 1.62 bits per heavy atom. The van der Waals surface area contributed by atoms with Crippen LogP contribution in [0.4, 0.5) is 4.39 Å². The number of rotatable bonds is 15. The second kappa shape index (κ2) is 13.4. The number of aromatic nitrogens is 2. The van der Waals surface area contributed by atoms with Crippen molar-refractivity contribution in [3.05, 3.63) is 33.1 Å². The van der Waals surface area contributed by atoms with Crippen LogP contribution >= 0.6 is 7.82 Å². The standard InChI is InChI=1S/C23H32FN2O15P/c1-22(32)19(30)23(10-24,41-20(22)26-3-2-16(27)25-21(26)31)11-38-42(33,39-12-36-17(28)4-14-6-34-7-14)40-13-37-18(29)5-15-8-35-9-15/h2-3,14-15,19-20,30,32H,4-13H2,1H3,(H,25,27,31)/t19-,20+,22+,23+/m0/s1. The highest BCUT2D eigenvalue weighted by Gasteiger charge is 2.63. The molecule has 3 N–H and O–H groups in total. The Morgan fingerprint density at radius 3 is 2.07 bits per heavy atom. The third-order valence-electron chi connectivity index (χ3n) is 6.88. The monoisotopic (exact) mass is 626 g/mol. The van der Waals surface area contributed by atoms with Gasteiger partial charge < -0.3 is 33.9 Å². The number of phosphoric acid groups is 1. The number of carbonyl (C=O) groups excluding carboxylic acids is 2. The zero-order valence-corrected chi connectivity index (χ0v) is 23.4. The summed E-state index contributed by atoms with van der Waals surface area (Å²) in [7, 11) is -4.83. The molecule has 4 heterocycles. The molecule has 1 aromatic rings. The van der Waals surface area contributed by atoms with Gasteiger partial charge in [0.2, 0.25) is 13.6 Å². The van der Waals surface area contributed by atoms with Crippen molar-refractivity contribution in [3.63, 3.8) is 0 Å². The summed E-state index contributed by atoms with van der Waals surface area (Å²) >= 11 is 0. The van der Waals surface area contributed by atoms with Crippen LogP contribution in [0.3, 0.4) is 0 Å². The minimum absolute atomic E-state index is 0.00343. The van der Waals surface area contributed by atoms with Gasteiger partial charge in [-0.15, -0.1) is 0 Å². The van der Waals surface area contributed by atoms with E-state index in [1.165, 1.54) is 0 Å². The van der Waals surface area contributed by atoms with E-state index in [9.17, 15) is 38.3 Å². The minimum atomic E-state index is -4.83. The van der Waals surface area contributed by atoms with Crippen molar-refractivity contribution in [1.82, 2.24) is 9.55 Å². The summed E-state index contributed by atoms with van der Waals surface area (Å²) in [4.78, 5) is 49.6. The van der Waals surface area contributed by atoms with Crippen LogP contribution in [0.25, 0.3) is 0 Å². The van der Waals surface area contributed by atoms with E-state index in [2.05, 4.69) is 0 Å². The van der Waals surface area contributed by atoms with E-state index in [0.29, 0.717) is 31.0 Å². The SMILES string of the molecule is C[C@@]1(O)[C@H](O)[C@@](CF)(COP(=O)(OCOC(=O)CC2COC2)OCOC(=O)CC2COC2)O[C@H]1n1ccc(=O)[nH]c1=O. The maximum atomic E-state index is 14.5. The van der Waals surface area contributed by atoms with E-state index in [1.807, 2.05) is 4.98 Å². The summed E-state index contributed by atoms with van der Waals surface area (Å²) in [5, 5.41) is 21.8. The number of alkyl halides is 1. The maximum absolute atomic E-state index is 14.5. The van der Waals surface area contributed by atoms with E-state index in [0.717, 1.165) is 19.2 Å². The van der Waals surface area contributed by atoms with E-state index in [-0.39, 0.29) is 24.7 Å². The van der Waals surface area contributed by atoms with Gasteiger partial charge in [-0.2, -0.15) is 0 Å². The molecule has 3 saturated heterocycles. The number of esters is 2. The quantitative estimate of drug-likeness (QED) is 0.122. The van der Waals surface area contributed by atoms with Gasteiger partial charge in [-0.1, -0.05) is 0 Å². The van der Waals surface area contributed by atoms with Gasteiger partial charge in [-0.3, -0.25) is 28.5 Å². The number of nitrogens with zero attached hydrogens (tertiary/aromatic N) is 1. The Bertz CT molecular complexity index is 1240. The van der Waals surface area contributed by atoms with Crippen LogP contribution in [0.5, 0.6) is 0 Å². The maximum Gasteiger partial charge on any atom is 0.480 e. The smallest absolute Gasteiger partial charge is 0.438 e. The topological polar surface area (TPSA) is 220 Å². The lowest BCUT2D eigenvalue weighted by Gasteiger charge is -2.31. The predicted octanol–water partition coefficient (Wildman–Crippen LogP) is -0.882. The first-order valence-electron chi connectivity index (χ1n) is 12.8. The molecular formula is C23H32FN2O15P. The summed E-state index contributed by atoms with van der Waals surface area (Å²) in [6, 6.07) is 0.938. The molecule has 17 nitrogen and oxygen atoms in total. The van der Waals surface area contributed by atoms with Crippen LogP contribution < -0.4 is 11.2 Å². The summed E-state index contributed by atoms with van der Waals surface area (Å²) in [5.74, 6) is -1.50. The fourth-order valence-electron chi connectivity index (χ4n) is 4.29.